The van der Waals surface area contributed by atoms with Gasteiger partial charge in [-0.3, -0.25) is 4.98 Å². The van der Waals surface area contributed by atoms with Crippen molar-refractivity contribution in [2.24, 2.45) is 0 Å². The van der Waals surface area contributed by atoms with E-state index in [1.807, 2.05) is 48.5 Å². The third-order valence-electron chi connectivity index (χ3n) is 4.41. The van der Waals surface area contributed by atoms with Gasteiger partial charge in [-0.2, -0.15) is 4.98 Å². The van der Waals surface area contributed by atoms with E-state index in [0.717, 1.165) is 41.1 Å². The number of fused-ring (bicyclic) bond motifs is 1. The van der Waals surface area contributed by atoms with Crippen molar-refractivity contribution < 1.29 is 4.74 Å². The predicted octanol–water partition coefficient (Wildman–Crippen LogP) is 4.43. The lowest BCUT2D eigenvalue weighted by atomic mass is 10.1. The molecule has 0 spiro atoms. The Bertz CT molecular complexity index is 1060. The SMILES string of the molecule is COc1ccc(CCNc2ccnc(Nc3cccc4cccnc34)n2)cc1. The fourth-order valence-electron chi connectivity index (χ4n) is 2.97. The fraction of sp³-hybridized carbons (Fsp3) is 0.136. The third kappa shape index (κ3) is 4.17. The van der Waals surface area contributed by atoms with E-state index in [1.165, 1.54) is 5.56 Å². The molecule has 0 saturated carbocycles. The molecule has 2 N–H and O–H groups in total. The molecule has 0 saturated heterocycles. The van der Waals surface area contributed by atoms with E-state index in [0.29, 0.717) is 5.95 Å². The Labute approximate surface area is 163 Å². The van der Waals surface area contributed by atoms with Gasteiger partial charge in [0.15, 0.2) is 0 Å². The van der Waals surface area contributed by atoms with Gasteiger partial charge in [0.05, 0.1) is 18.3 Å². The van der Waals surface area contributed by atoms with Crippen LogP contribution in [-0.4, -0.2) is 28.6 Å². The summed E-state index contributed by atoms with van der Waals surface area (Å²) >= 11 is 0. The summed E-state index contributed by atoms with van der Waals surface area (Å²) in [5.74, 6) is 2.18. The molecule has 28 heavy (non-hydrogen) atoms. The van der Waals surface area contributed by atoms with Gasteiger partial charge in [-0.15, -0.1) is 0 Å². The second-order valence-corrected chi connectivity index (χ2v) is 6.30. The first kappa shape index (κ1) is 17.7. The van der Waals surface area contributed by atoms with Crippen molar-refractivity contribution in [2.45, 2.75) is 6.42 Å². The van der Waals surface area contributed by atoms with Gasteiger partial charge in [0.1, 0.15) is 11.6 Å². The molecule has 0 amide bonds. The van der Waals surface area contributed by atoms with Crippen molar-refractivity contribution in [2.75, 3.05) is 24.3 Å². The first-order valence-electron chi connectivity index (χ1n) is 9.12. The minimum absolute atomic E-state index is 0.535. The van der Waals surface area contributed by atoms with Crippen LogP contribution >= 0.6 is 0 Å². The summed E-state index contributed by atoms with van der Waals surface area (Å²) in [5, 5.41) is 7.69. The molecule has 0 atom stereocenters. The molecule has 2 aromatic heterocycles. The van der Waals surface area contributed by atoms with Crippen molar-refractivity contribution >= 4 is 28.4 Å². The van der Waals surface area contributed by atoms with Crippen LogP contribution < -0.4 is 15.4 Å². The molecule has 2 aromatic carbocycles. The summed E-state index contributed by atoms with van der Waals surface area (Å²) in [6.07, 6.45) is 4.42. The van der Waals surface area contributed by atoms with E-state index < -0.39 is 0 Å². The van der Waals surface area contributed by atoms with Gasteiger partial charge >= 0.3 is 0 Å². The lowest BCUT2D eigenvalue weighted by Crippen LogP contribution is -2.08. The van der Waals surface area contributed by atoms with Crippen LogP contribution in [0.25, 0.3) is 10.9 Å². The monoisotopic (exact) mass is 371 g/mol. The van der Waals surface area contributed by atoms with Gasteiger partial charge < -0.3 is 15.4 Å². The molecule has 2 heterocycles. The number of pyridine rings is 1. The highest BCUT2D eigenvalue weighted by molar-refractivity contribution is 5.91. The molecule has 0 fully saturated rings. The number of benzene rings is 2. The second-order valence-electron chi connectivity index (χ2n) is 6.30. The Kier molecular flexibility index (Phi) is 5.29. The largest absolute Gasteiger partial charge is 0.497 e. The van der Waals surface area contributed by atoms with Gasteiger partial charge in [-0.1, -0.05) is 30.3 Å². The third-order valence-corrected chi connectivity index (χ3v) is 4.41. The fourth-order valence-corrected chi connectivity index (χ4v) is 2.97. The van der Waals surface area contributed by atoms with E-state index >= 15 is 0 Å². The highest BCUT2D eigenvalue weighted by Crippen LogP contribution is 2.23. The van der Waals surface area contributed by atoms with Gasteiger partial charge in [0, 0.05) is 24.3 Å². The lowest BCUT2D eigenvalue weighted by molar-refractivity contribution is 0.414. The zero-order valence-corrected chi connectivity index (χ0v) is 15.6. The average Bonchev–Trinajstić information content (AvgIpc) is 2.75. The zero-order chi connectivity index (χ0) is 19.2. The molecule has 0 radical (unpaired) electrons. The predicted molar refractivity (Wildman–Crippen MR) is 112 cm³/mol. The Morgan fingerprint density at radius 1 is 0.893 bits per heavy atom. The van der Waals surface area contributed by atoms with Crippen LogP contribution in [0.5, 0.6) is 5.75 Å². The van der Waals surface area contributed by atoms with E-state index in [1.54, 1.807) is 19.5 Å². The maximum atomic E-state index is 5.19. The Balaban J connectivity index is 1.41. The van der Waals surface area contributed by atoms with E-state index in [4.69, 9.17) is 4.74 Å². The van der Waals surface area contributed by atoms with Crippen molar-refractivity contribution in [3.63, 3.8) is 0 Å². The van der Waals surface area contributed by atoms with Gasteiger partial charge in [-0.05, 0) is 42.3 Å². The quantitative estimate of drug-likeness (QED) is 0.501. The first-order valence-corrected chi connectivity index (χ1v) is 9.12. The summed E-state index contributed by atoms with van der Waals surface area (Å²) in [7, 11) is 1.67. The number of methoxy groups -OCH3 is 1. The summed E-state index contributed by atoms with van der Waals surface area (Å²) in [5.41, 5.74) is 3.02. The number of nitrogens with zero attached hydrogens (tertiary/aromatic N) is 3. The maximum Gasteiger partial charge on any atom is 0.229 e. The number of rotatable bonds is 7. The Hall–Kier alpha value is -3.67. The lowest BCUT2D eigenvalue weighted by Gasteiger charge is -2.10. The number of hydrogen-bond donors (Lipinski definition) is 2. The standard InChI is InChI=1S/C22H21N5O/c1-28-18-9-7-16(8-10-18)11-14-23-20-12-15-25-22(27-20)26-19-6-2-4-17-5-3-13-24-21(17)19/h2-10,12-13,15H,11,14H2,1H3,(H2,23,25,26,27). The summed E-state index contributed by atoms with van der Waals surface area (Å²) < 4.78 is 5.19. The molecule has 0 aliphatic carbocycles. The number of ether oxygens (including phenoxy) is 1. The van der Waals surface area contributed by atoms with E-state index in [-0.39, 0.29) is 0 Å². The molecular formula is C22H21N5O. The Morgan fingerprint density at radius 2 is 1.75 bits per heavy atom. The number of nitrogens with one attached hydrogen (secondary N) is 2. The molecule has 4 rings (SSSR count). The van der Waals surface area contributed by atoms with Crippen LogP contribution in [-0.2, 0) is 6.42 Å². The summed E-state index contributed by atoms with van der Waals surface area (Å²) in [4.78, 5) is 13.3. The van der Waals surface area contributed by atoms with Crippen LogP contribution in [0.2, 0.25) is 0 Å². The van der Waals surface area contributed by atoms with Crippen molar-refractivity contribution in [3.05, 3.63) is 78.6 Å². The highest BCUT2D eigenvalue weighted by atomic mass is 16.5. The molecule has 140 valence electrons. The summed E-state index contributed by atoms with van der Waals surface area (Å²) in [6, 6.07) is 19.9. The van der Waals surface area contributed by atoms with E-state index in [2.05, 4.69) is 37.7 Å². The van der Waals surface area contributed by atoms with Crippen LogP contribution in [0.3, 0.4) is 0 Å². The van der Waals surface area contributed by atoms with Crippen molar-refractivity contribution in [3.8, 4) is 5.75 Å². The first-order chi connectivity index (χ1) is 13.8. The van der Waals surface area contributed by atoms with Gasteiger partial charge in [0.25, 0.3) is 0 Å². The maximum absolute atomic E-state index is 5.19. The summed E-state index contributed by atoms with van der Waals surface area (Å²) in [6.45, 7) is 0.776. The highest BCUT2D eigenvalue weighted by Gasteiger charge is 2.05. The second kappa shape index (κ2) is 8.35. The van der Waals surface area contributed by atoms with Crippen LogP contribution in [0.15, 0.2) is 73.1 Å². The molecule has 4 aromatic rings. The van der Waals surface area contributed by atoms with E-state index in [9.17, 15) is 0 Å². The molecule has 0 aliphatic rings. The smallest absolute Gasteiger partial charge is 0.229 e. The van der Waals surface area contributed by atoms with Crippen LogP contribution in [0.1, 0.15) is 5.56 Å². The van der Waals surface area contributed by atoms with Crippen LogP contribution in [0.4, 0.5) is 17.5 Å². The zero-order valence-electron chi connectivity index (χ0n) is 15.6. The van der Waals surface area contributed by atoms with Crippen molar-refractivity contribution in [1.29, 1.82) is 0 Å². The minimum atomic E-state index is 0.535. The molecule has 6 heteroatoms. The number of hydrogen-bond acceptors (Lipinski definition) is 6. The normalized spacial score (nSPS) is 10.6. The number of aromatic nitrogens is 3. The topological polar surface area (TPSA) is 72.0 Å². The number of anilines is 3. The average molecular weight is 371 g/mol. The van der Waals surface area contributed by atoms with Crippen molar-refractivity contribution in [1.82, 2.24) is 15.0 Å². The molecular weight excluding hydrogens is 350 g/mol. The van der Waals surface area contributed by atoms with Gasteiger partial charge in [-0.25, -0.2) is 4.98 Å². The molecule has 6 nitrogen and oxygen atoms in total. The number of para-hydroxylation sites is 1. The minimum Gasteiger partial charge on any atom is -0.497 e. The van der Waals surface area contributed by atoms with Gasteiger partial charge in [0.2, 0.25) is 5.95 Å². The van der Waals surface area contributed by atoms with Crippen LogP contribution in [0, 0.1) is 0 Å². The molecule has 0 unspecified atom stereocenters. The molecule has 0 bridgehead atoms. The Morgan fingerprint density at radius 3 is 2.61 bits per heavy atom. The molecule has 0 aliphatic heterocycles.